The number of benzene rings is 2. The third-order valence-electron chi connectivity index (χ3n) is 5.01. The Kier molecular flexibility index (Phi) is 5.82. The standard InChI is InChI=1S/C21H23ClN2O3/c1-14-4-9-18(12-19(14)22)24-11-10-23(15(2)20(24)25)13-16-5-7-17(8-6-16)21(26)27-3/h4-9,12,15H,10-11,13H2,1-3H3. The Morgan fingerprint density at radius 1 is 1.19 bits per heavy atom. The van der Waals surface area contributed by atoms with E-state index in [0.29, 0.717) is 23.7 Å². The van der Waals surface area contributed by atoms with Gasteiger partial charge in [0.1, 0.15) is 0 Å². The van der Waals surface area contributed by atoms with Crippen LogP contribution in [0, 0.1) is 6.92 Å². The number of rotatable bonds is 4. The highest BCUT2D eigenvalue weighted by Gasteiger charge is 2.32. The number of methoxy groups -OCH3 is 1. The number of carbonyl (C=O) groups is 2. The van der Waals surface area contributed by atoms with E-state index in [1.807, 2.05) is 44.2 Å². The Balaban J connectivity index is 1.69. The molecule has 142 valence electrons. The molecule has 27 heavy (non-hydrogen) atoms. The Hall–Kier alpha value is -2.37. The van der Waals surface area contributed by atoms with E-state index in [1.54, 1.807) is 17.0 Å². The molecule has 1 saturated heterocycles. The molecular weight excluding hydrogens is 364 g/mol. The molecule has 0 radical (unpaired) electrons. The second-order valence-electron chi connectivity index (χ2n) is 6.76. The average molecular weight is 387 g/mol. The minimum Gasteiger partial charge on any atom is -0.465 e. The van der Waals surface area contributed by atoms with Gasteiger partial charge in [0.25, 0.3) is 0 Å². The highest BCUT2D eigenvalue weighted by Crippen LogP contribution is 2.26. The van der Waals surface area contributed by atoms with Crippen molar-refractivity contribution in [1.29, 1.82) is 0 Å². The van der Waals surface area contributed by atoms with Gasteiger partial charge in [-0.3, -0.25) is 9.69 Å². The molecule has 1 heterocycles. The maximum absolute atomic E-state index is 12.9. The average Bonchev–Trinajstić information content (AvgIpc) is 2.68. The van der Waals surface area contributed by atoms with Crippen LogP contribution in [0.4, 0.5) is 5.69 Å². The van der Waals surface area contributed by atoms with E-state index in [-0.39, 0.29) is 17.9 Å². The second kappa shape index (κ2) is 8.11. The zero-order chi connectivity index (χ0) is 19.6. The Bertz CT molecular complexity index is 851. The number of aryl methyl sites for hydroxylation is 1. The highest BCUT2D eigenvalue weighted by atomic mass is 35.5. The van der Waals surface area contributed by atoms with Crippen LogP contribution in [-0.2, 0) is 16.1 Å². The third-order valence-corrected chi connectivity index (χ3v) is 5.42. The molecule has 1 aliphatic heterocycles. The van der Waals surface area contributed by atoms with E-state index in [2.05, 4.69) is 4.90 Å². The lowest BCUT2D eigenvalue weighted by molar-refractivity contribution is -0.125. The van der Waals surface area contributed by atoms with Crippen LogP contribution in [0.2, 0.25) is 5.02 Å². The molecule has 3 rings (SSSR count). The van der Waals surface area contributed by atoms with Gasteiger partial charge in [-0.15, -0.1) is 0 Å². The van der Waals surface area contributed by atoms with Crippen molar-refractivity contribution in [2.45, 2.75) is 26.4 Å². The van der Waals surface area contributed by atoms with Crippen molar-refractivity contribution in [3.63, 3.8) is 0 Å². The molecule has 6 heteroatoms. The third kappa shape index (κ3) is 4.15. The zero-order valence-corrected chi connectivity index (χ0v) is 16.5. The molecule has 0 aromatic heterocycles. The van der Waals surface area contributed by atoms with Gasteiger partial charge in [-0.05, 0) is 49.2 Å². The van der Waals surface area contributed by atoms with Crippen LogP contribution in [0.5, 0.6) is 0 Å². The zero-order valence-electron chi connectivity index (χ0n) is 15.7. The first-order valence-corrected chi connectivity index (χ1v) is 9.27. The van der Waals surface area contributed by atoms with Crippen LogP contribution in [0.3, 0.4) is 0 Å². The number of carbonyl (C=O) groups excluding carboxylic acids is 2. The van der Waals surface area contributed by atoms with Crippen LogP contribution in [0.15, 0.2) is 42.5 Å². The number of halogens is 1. The minimum atomic E-state index is -0.351. The van der Waals surface area contributed by atoms with E-state index in [4.69, 9.17) is 16.3 Å². The molecule has 0 N–H and O–H groups in total. The lowest BCUT2D eigenvalue weighted by Gasteiger charge is -2.39. The lowest BCUT2D eigenvalue weighted by atomic mass is 10.1. The molecule has 5 nitrogen and oxygen atoms in total. The summed E-state index contributed by atoms with van der Waals surface area (Å²) in [6.45, 7) is 5.89. The fourth-order valence-corrected chi connectivity index (χ4v) is 3.41. The molecule has 1 amide bonds. The predicted octanol–water partition coefficient (Wildman–Crippen LogP) is 3.67. The summed E-state index contributed by atoms with van der Waals surface area (Å²) in [6.07, 6.45) is 0. The van der Waals surface area contributed by atoms with E-state index in [9.17, 15) is 9.59 Å². The first-order chi connectivity index (χ1) is 12.9. The molecule has 1 fully saturated rings. The second-order valence-corrected chi connectivity index (χ2v) is 7.17. The SMILES string of the molecule is COC(=O)c1ccc(CN2CCN(c3ccc(C)c(Cl)c3)C(=O)C2C)cc1. The maximum Gasteiger partial charge on any atom is 0.337 e. The molecule has 1 aliphatic rings. The first kappa shape index (κ1) is 19.4. The molecule has 0 bridgehead atoms. The van der Waals surface area contributed by atoms with E-state index < -0.39 is 0 Å². The van der Waals surface area contributed by atoms with Gasteiger partial charge in [0.05, 0.1) is 18.7 Å². The molecule has 0 spiro atoms. The minimum absolute atomic E-state index is 0.0624. The monoisotopic (exact) mass is 386 g/mol. The number of anilines is 1. The first-order valence-electron chi connectivity index (χ1n) is 8.89. The van der Waals surface area contributed by atoms with Gasteiger partial charge in [-0.2, -0.15) is 0 Å². The summed E-state index contributed by atoms with van der Waals surface area (Å²) in [7, 11) is 1.37. The highest BCUT2D eigenvalue weighted by molar-refractivity contribution is 6.31. The van der Waals surface area contributed by atoms with Gasteiger partial charge < -0.3 is 9.64 Å². The number of nitrogens with zero attached hydrogens (tertiary/aromatic N) is 2. The van der Waals surface area contributed by atoms with Crippen LogP contribution in [0.25, 0.3) is 0 Å². The largest absolute Gasteiger partial charge is 0.465 e. The van der Waals surface area contributed by atoms with Crippen LogP contribution in [-0.4, -0.2) is 43.0 Å². The number of esters is 1. The van der Waals surface area contributed by atoms with Gasteiger partial charge in [0.15, 0.2) is 0 Å². The number of amides is 1. The number of ether oxygens (including phenoxy) is 1. The molecule has 2 aromatic carbocycles. The summed E-state index contributed by atoms with van der Waals surface area (Å²) in [4.78, 5) is 28.4. The lowest BCUT2D eigenvalue weighted by Crippen LogP contribution is -2.55. The molecule has 0 saturated carbocycles. The van der Waals surface area contributed by atoms with E-state index in [0.717, 1.165) is 23.4 Å². The fourth-order valence-electron chi connectivity index (χ4n) is 3.23. The number of hydrogen-bond acceptors (Lipinski definition) is 4. The molecular formula is C21H23ClN2O3. The van der Waals surface area contributed by atoms with Gasteiger partial charge in [0, 0.05) is 30.3 Å². The van der Waals surface area contributed by atoms with Crippen LogP contribution in [0.1, 0.15) is 28.4 Å². The van der Waals surface area contributed by atoms with E-state index >= 15 is 0 Å². The Morgan fingerprint density at radius 3 is 2.52 bits per heavy atom. The molecule has 1 unspecified atom stereocenters. The summed E-state index contributed by atoms with van der Waals surface area (Å²) in [5.74, 6) is -0.289. The van der Waals surface area contributed by atoms with Crippen molar-refractivity contribution in [3.05, 3.63) is 64.2 Å². The Morgan fingerprint density at radius 2 is 1.89 bits per heavy atom. The van der Waals surface area contributed by atoms with Crippen LogP contribution >= 0.6 is 11.6 Å². The fraction of sp³-hybridized carbons (Fsp3) is 0.333. The Labute approximate surface area is 164 Å². The van der Waals surface area contributed by atoms with Gasteiger partial charge >= 0.3 is 5.97 Å². The number of piperazine rings is 1. The van der Waals surface area contributed by atoms with Crippen molar-refractivity contribution in [2.75, 3.05) is 25.1 Å². The van der Waals surface area contributed by atoms with Crippen molar-refractivity contribution >= 4 is 29.2 Å². The molecule has 0 aliphatic carbocycles. The van der Waals surface area contributed by atoms with Crippen molar-refractivity contribution in [3.8, 4) is 0 Å². The van der Waals surface area contributed by atoms with E-state index in [1.165, 1.54) is 7.11 Å². The van der Waals surface area contributed by atoms with Gasteiger partial charge in [0.2, 0.25) is 5.91 Å². The number of hydrogen-bond donors (Lipinski definition) is 0. The van der Waals surface area contributed by atoms with Crippen LogP contribution < -0.4 is 4.90 Å². The van der Waals surface area contributed by atoms with Gasteiger partial charge in [-0.1, -0.05) is 29.8 Å². The van der Waals surface area contributed by atoms with Gasteiger partial charge in [-0.25, -0.2) is 4.79 Å². The smallest absolute Gasteiger partial charge is 0.337 e. The predicted molar refractivity (Wildman–Crippen MR) is 106 cm³/mol. The quantitative estimate of drug-likeness (QED) is 0.752. The maximum atomic E-state index is 12.9. The molecule has 2 aromatic rings. The van der Waals surface area contributed by atoms with Crippen molar-refractivity contribution in [1.82, 2.24) is 4.90 Å². The molecule has 1 atom stereocenters. The summed E-state index contributed by atoms with van der Waals surface area (Å²) in [5, 5.41) is 0.668. The summed E-state index contributed by atoms with van der Waals surface area (Å²) in [6, 6.07) is 12.8. The summed E-state index contributed by atoms with van der Waals surface area (Å²) >= 11 is 6.22. The normalized spacial score (nSPS) is 17.9. The van der Waals surface area contributed by atoms with Crippen molar-refractivity contribution in [2.24, 2.45) is 0 Å². The van der Waals surface area contributed by atoms with Crippen molar-refractivity contribution < 1.29 is 14.3 Å². The topological polar surface area (TPSA) is 49.9 Å². The summed E-state index contributed by atoms with van der Waals surface area (Å²) < 4.78 is 4.72. The summed E-state index contributed by atoms with van der Waals surface area (Å²) in [5.41, 5.74) is 3.40.